The summed E-state index contributed by atoms with van der Waals surface area (Å²) in [4.78, 5) is 5.29. The van der Waals surface area contributed by atoms with E-state index in [2.05, 4.69) is 70.5 Å². The summed E-state index contributed by atoms with van der Waals surface area (Å²) in [5, 5.41) is 0. The summed E-state index contributed by atoms with van der Waals surface area (Å²) in [6.45, 7) is 7.41. The molecule has 2 aromatic rings. The number of hydrogen-bond acceptors (Lipinski definition) is 2. The van der Waals surface area contributed by atoms with Gasteiger partial charge in [-0.05, 0) is 74.8 Å². The third kappa shape index (κ3) is 5.93. The largest absolute Gasteiger partial charge is 0.299 e. The second-order valence-corrected chi connectivity index (χ2v) is 8.99. The lowest BCUT2D eigenvalue weighted by Gasteiger charge is -2.35. The summed E-state index contributed by atoms with van der Waals surface area (Å²) in [6, 6.07) is 21.9. The molecule has 0 aliphatic carbocycles. The number of likely N-dealkylation sites (tertiary alicyclic amines) is 2. The van der Waals surface area contributed by atoms with E-state index in [0.29, 0.717) is 0 Å². The summed E-state index contributed by atoms with van der Waals surface area (Å²) in [6.07, 6.45) is 8.53. The standard InChI is InChI=1S/C26H36N2/c1-3-7-25(8-4-1)21-27-17-13-23(14-18-27)11-12-24-15-19-28(20-16-24)22-26-9-5-2-6-10-26/h1-10,23-24H,11-22H2. The first-order valence-corrected chi connectivity index (χ1v) is 11.4. The first-order chi connectivity index (χ1) is 13.8. The molecule has 28 heavy (non-hydrogen) atoms. The highest BCUT2D eigenvalue weighted by Crippen LogP contribution is 2.29. The summed E-state index contributed by atoms with van der Waals surface area (Å²) >= 11 is 0. The highest BCUT2D eigenvalue weighted by atomic mass is 15.1. The molecule has 2 aromatic carbocycles. The quantitative estimate of drug-likeness (QED) is 0.621. The van der Waals surface area contributed by atoms with Crippen molar-refractivity contribution >= 4 is 0 Å². The number of benzene rings is 2. The molecule has 0 unspecified atom stereocenters. The van der Waals surface area contributed by atoms with Gasteiger partial charge in [0, 0.05) is 13.1 Å². The van der Waals surface area contributed by atoms with Crippen LogP contribution in [0.15, 0.2) is 60.7 Å². The van der Waals surface area contributed by atoms with Gasteiger partial charge in [0.25, 0.3) is 0 Å². The van der Waals surface area contributed by atoms with Gasteiger partial charge < -0.3 is 0 Å². The molecule has 0 atom stereocenters. The van der Waals surface area contributed by atoms with Crippen LogP contribution in [0.5, 0.6) is 0 Å². The smallest absolute Gasteiger partial charge is 0.0233 e. The Morgan fingerprint density at radius 1 is 0.536 bits per heavy atom. The zero-order valence-electron chi connectivity index (χ0n) is 17.3. The maximum absolute atomic E-state index is 2.65. The molecular weight excluding hydrogens is 340 g/mol. The van der Waals surface area contributed by atoms with Crippen LogP contribution in [0.1, 0.15) is 49.7 Å². The van der Waals surface area contributed by atoms with E-state index < -0.39 is 0 Å². The molecule has 0 radical (unpaired) electrons. The van der Waals surface area contributed by atoms with Gasteiger partial charge in [-0.1, -0.05) is 73.5 Å². The minimum absolute atomic E-state index is 0.967. The zero-order valence-corrected chi connectivity index (χ0v) is 17.3. The normalized spacial score (nSPS) is 20.4. The molecule has 2 heteroatoms. The van der Waals surface area contributed by atoms with Crippen molar-refractivity contribution in [1.82, 2.24) is 9.80 Å². The van der Waals surface area contributed by atoms with Crippen molar-refractivity contribution in [3.63, 3.8) is 0 Å². The molecule has 0 spiro atoms. The maximum Gasteiger partial charge on any atom is 0.0233 e. The van der Waals surface area contributed by atoms with Crippen molar-refractivity contribution in [2.24, 2.45) is 11.8 Å². The summed E-state index contributed by atoms with van der Waals surface area (Å²) in [5.74, 6) is 1.93. The van der Waals surface area contributed by atoms with Gasteiger partial charge in [0.15, 0.2) is 0 Å². The van der Waals surface area contributed by atoms with Crippen LogP contribution in [-0.2, 0) is 13.1 Å². The summed E-state index contributed by atoms with van der Waals surface area (Å²) < 4.78 is 0. The van der Waals surface area contributed by atoms with Gasteiger partial charge in [-0.3, -0.25) is 9.80 Å². The van der Waals surface area contributed by atoms with Crippen LogP contribution in [0.4, 0.5) is 0 Å². The molecular formula is C26H36N2. The van der Waals surface area contributed by atoms with E-state index in [1.165, 1.54) is 75.8 Å². The molecule has 0 bridgehead atoms. The Labute approximate surface area is 171 Å². The number of nitrogens with zero attached hydrogens (tertiary/aromatic N) is 2. The average molecular weight is 377 g/mol. The Morgan fingerprint density at radius 3 is 1.25 bits per heavy atom. The fraction of sp³-hybridized carbons (Fsp3) is 0.538. The van der Waals surface area contributed by atoms with Gasteiger partial charge in [0.1, 0.15) is 0 Å². The van der Waals surface area contributed by atoms with E-state index in [0.717, 1.165) is 24.9 Å². The Kier molecular flexibility index (Phi) is 7.18. The van der Waals surface area contributed by atoms with Gasteiger partial charge in [0.2, 0.25) is 0 Å². The monoisotopic (exact) mass is 376 g/mol. The molecule has 2 fully saturated rings. The lowest BCUT2D eigenvalue weighted by Crippen LogP contribution is -2.34. The van der Waals surface area contributed by atoms with E-state index in [4.69, 9.17) is 0 Å². The van der Waals surface area contributed by atoms with Crippen molar-refractivity contribution in [3.05, 3.63) is 71.8 Å². The van der Waals surface area contributed by atoms with Gasteiger partial charge in [-0.2, -0.15) is 0 Å². The van der Waals surface area contributed by atoms with E-state index in [1.54, 1.807) is 0 Å². The predicted molar refractivity (Wildman–Crippen MR) is 118 cm³/mol. The van der Waals surface area contributed by atoms with Crippen molar-refractivity contribution in [1.29, 1.82) is 0 Å². The van der Waals surface area contributed by atoms with Crippen LogP contribution >= 0.6 is 0 Å². The first-order valence-electron chi connectivity index (χ1n) is 11.4. The summed E-state index contributed by atoms with van der Waals surface area (Å²) in [7, 11) is 0. The second-order valence-electron chi connectivity index (χ2n) is 8.99. The van der Waals surface area contributed by atoms with E-state index >= 15 is 0 Å². The minimum Gasteiger partial charge on any atom is -0.299 e. The van der Waals surface area contributed by atoms with Gasteiger partial charge in [-0.15, -0.1) is 0 Å². The van der Waals surface area contributed by atoms with Gasteiger partial charge in [-0.25, -0.2) is 0 Å². The Hall–Kier alpha value is -1.64. The van der Waals surface area contributed by atoms with Gasteiger partial charge >= 0.3 is 0 Å². The number of piperidine rings is 2. The topological polar surface area (TPSA) is 6.48 Å². The van der Waals surface area contributed by atoms with Crippen molar-refractivity contribution in [3.8, 4) is 0 Å². The van der Waals surface area contributed by atoms with Crippen LogP contribution in [0.3, 0.4) is 0 Å². The Bertz CT molecular complexity index is 607. The van der Waals surface area contributed by atoms with Gasteiger partial charge in [0.05, 0.1) is 0 Å². The first kappa shape index (κ1) is 19.7. The van der Waals surface area contributed by atoms with Crippen LogP contribution in [-0.4, -0.2) is 36.0 Å². The van der Waals surface area contributed by atoms with Crippen LogP contribution in [0.2, 0.25) is 0 Å². The second kappa shape index (κ2) is 10.2. The van der Waals surface area contributed by atoms with Crippen LogP contribution in [0, 0.1) is 11.8 Å². The molecule has 2 heterocycles. The molecule has 2 saturated heterocycles. The van der Waals surface area contributed by atoms with Crippen molar-refractivity contribution in [2.45, 2.75) is 51.6 Å². The lowest BCUT2D eigenvalue weighted by molar-refractivity contribution is 0.146. The van der Waals surface area contributed by atoms with Crippen LogP contribution in [0.25, 0.3) is 0 Å². The van der Waals surface area contributed by atoms with Crippen LogP contribution < -0.4 is 0 Å². The molecule has 2 aliphatic rings. The average Bonchev–Trinajstić information content (AvgIpc) is 2.76. The highest BCUT2D eigenvalue weighted by Gasteiger charge is 2.23. The molecule has 150 valence electrons. The third-order valence-electron chi connectivity index (χ3n) is 6.90. The molecule has 2 nitrogen and oxygen atoms in total. The molecule has 0 aromatic heterocycles. The molecule has 0 N–H and O–H groups in total. The summed E-state index contributed by atoms with van der Waals surface area (Å²) in [5.41, 5.74) is 2.92. The Balaban J connectivity index is 1.11. The molecule has 2 aliphatic heterocycles. The Morgan fingerprint density at radius 2 is 0.893 bits per heavy atom. The van der Waals surface area contributed by atoms with E-state index in [1.807, 2.05) is 0 Å². The minimum atomic E-state index is 0.967. The van der Waals surface area contributed by atoms with E-state index in [9.17, 15) is 0 Å². The molecule has 4 rings (SSSR count). The fourth-order valence-corrected chi connectivity index (χ4v) is 5.02. The fourth-order valence-electron chi connectivity index (χ4n) is 5.02. The number of hydrogen-bond donors (Lipinski definition) is 0. The third-order valence-corrected chi connectivity index (χ3v) is 6.90. The SMILES string of the molecule is c1ccc(CN2CCC(CCC3CCN(Cc4ccccc4)CC3)CC2)cc1. The zero-order chi connectivity index (χ0) is 19.0. The van der Waals surface area contributed by atoms with E-state index in [-0.39, 0.29) is 0 Å². The highest BCUT2D eigenvalue weighted by molar-refractivity contribution is 5.15. The molecule has 0 saturated carbocycles. The number of rotatable bonds is 7. The maximum atomic E-state index is 2.65. The van der Waals surface area contributed by atoms with Crippen molar-refractivity contribution in [2.75, 3.05) is 26.2 Å². The predicted octanol–water partition coefficient (Wildman–Crippen LogP) is 5.59. The molecule has 0 amide bonds. The lowest BCUT2D eigenvalue weighted by atomic mass is 9.85. The van der Waals surface area contributed by atoms with Crippen molar-refractivity contribution < 1.29 is 0 Å².